The van der Waals surface area contributed by atoms with E-state index in [0.29, 0.717) is 29.6 Å². The number of aryl methyl sites for hydroxylation is 1. The molecule has 7 nitrogen and oxygen atoms in total. The maximum atomic E-state index is 12.5. The number of rotatable bonds is 7. The molecule has 0 aliphatic rings. The first-order valence-corrected chi connectivity index (χ1v) is 9.45. The molecule has 3 rings (SSSR count). The van der Waals surface area contributed by atoms with Gasteiger partial charge >= 0.3 is 0 Å². The molecular weight excluding hydrogens is 370 g/mol. The van der Waals surface area contributed by atoms with Crippen molar-refractivity contribution in [2.45, 2.75) is 20.3 Å². The van der Waals surface area contributed by atoms with Gasteiger partial charge in [-0.2, -0.15) is 0 Å². The number of benzene rings is 2. The highest BCUT2D eigenvalue weighted by molar-refractivity contribution is 5.97. The number of azo groups is 1. The van der Waals surface area contributed by atoms with Crippen molar-refractivity contribution in [3.8, 4) is 17.4 Å². The van der Waals surface area contributed by atoms with Gasteiger partial charge in [-0.3, -0.25) is 4.79 Å². The van der Waals surface area contributed by atoms with E-state index in [1.807, 2.05) is 24.3 Å². The average molecular weight is 395 g/mol. The zero-order valence-corrected chi connectivity index (χ0v) is 17.0. The van der Waals surface area contributed by atoms with Gasteiger partial charge in [0.15, 0.2) is 17.2 Å². The van der Waals surface area contributed by atoms with Crippen LogP contribution in [0, 0.1) is 5.92 Å². The van der Waals surface area contributed by atoms with Gasteiger partial charge in [-0.25, -0.2) is 0 Å². The van der Waals surface area contributed by atoms with Crippen LogP contribution in [0.4, 0.5) is 5.69 Å². The van der Waals surface area contributed by atoms with Crippen molar-refractivity contribution >= 4 is 22.5 Å². The largest absolute Gasteiger partial charge is 0.493 e. The minimum absolute atomic E-state index is 0.0470. The van der Waals surface area contributed by atoms with Crippen LogP contribution in [0.3, 0.4) is 0 Å². The third kappa shape index (κ3) is 4.39. The molecule has 0 aliphatic carbocycles. The predicted octanol–water partition coefficient (Wildman–Crippen LogP) is 5.24. The minimum Gasteiger partial charge on any atom is -0.493 e. The number of aromatic hydroxyl groups is 1. The molecule has 3 aromatic rings. The zero-order valence-electron chi connectivity index (χ0n) is 17.0. The summed E-state index contributed by atoms with van der Waals surface area (Å²) >= 11 is 0. The van der Waals surface area contributed by atoms with E-state index in [-0.39, 0.29) is 11.6 Å². The van der Waals surface area contributed by atoms with Crippen molar-refractivity contribution in [3.63, 3.8) is 0 Å². The summed E-state index contributed by atoms with van der Waals surface area (Å²) in [6, 6.07) is 12.3. The number of ether oxygens (including phenoxy) is 2. The highest BCUT2D eigenvalue weighted by atomic mass is 16.5. The second kappa shape index (κ2) is 8.77. The normalized spacial score (nSPS) is 11.5. The average Bonchev–Trinajstić information content (AvgIpc) is 2.96. The maximum Gasteiger partial charge on any atom is 0.295 e. The molecule has 0 unspecified atom stereocenters. The summed E-state index contributed by atoms with van der Waals surface area (Å²) in [4.78, 5) is 12.5. The van der Waals surface area contributed by atoms with Crippen LogP contribution < -0.4 is 9.47 Å². The molecule has 0 bridgehead atoms. The van der Waals surface area contributed by atoms with Crippen molar-refractivity contribution in [2.75, 3.05) is 13.7 Å². The van der Waals surface area contributed by atoms with Crippen molar-refractivity contribution in [2.24, 2.45) is 23.2 Å². The molecule has 2 aromatic carbocycles. The molecule has 7 heteroatoms. The fraction of sp³-hybridized carbons (Fsp3) is 0.318. The third-order valence-electron chi connectivity index (χ3n) is 4.65. The number of amides is 1. The first-order valence-electron chi connectivity index (χ1n) is 9.45. The number of hydrogen-bond acceptors (Lipinski definition) is 5. The Kier molecular flexibility index (Phi) is 6.16. The van der Waals surface area contributed by atoms with Gasteiger partial charge in [0.25, 0.3) is 5.91 Å². The molecule has 0 saturated carbocycles. The zero-order chi connectivity index (χ0) is 21.0. The van der Waals surface area contributed by atoms with Gasteiger partial charge in [0.1, 0.15) is 0 Å². The van der Waals surface area contributed by atoms with Gasteiger partial charge in [0.2, 0.25) is 5.88 Å². The molecule has 0 fully saturated rings. The van der Waals surface area contributed by atoms with E-state index in [4.69, 9.17) is 9.47 Å². The summed E-state index contributed by atoms with van der Waals surface area (Å²) < 4.78 is 12.7. The number of nitrogens with zero attached hydrogens (tertiary/aromatic N) is 3. The van der Waals surface area contributed by atoms with Crippen LogP contribution in [-0.2, 0) is 7.05 Å². The Balaban J connectivity index is 1.81. The molecule has 1 amide bonds. The Morgan fingerprint density at radius 1 is 1.17 bits per heavy atom. The summed E-state index contributed by atoms with van der Waals surface area (Å²) in [5.74, 6) is 0.988. The van der Waals surface area contributed by atoms with E-state index in [2.05, 4.69) is 24.1 Å². The summed E-state index contributed by atoms with van der Waals surface area (Å²) in [5, 5.41) is 18.8. The van der Waals surface area contributed by atoms with Gasteiger partial charge in [-0.05, 0) is 36.6 Å². The lowest BCUT2D eigenvalue weighted by molar-refractivity contribution is 0.0994. The standard InChI is InChI=1S/C22H25N3O4/c1-14(2)11-12-29-18-10-9-15(13-19(18)28-4)21(26)24-23-20-16-7-5-6-8-17(16)25(3)22(20)27/h5-10,13-14,27H,11-12H2,1-4H3. The number of hydrogen-bond donors (Lipinski definition) is 1. The van der Waals surface area contributed by atoms with E-state index in [1.54, 1.807) is 29.8 Å². The lowest BCUT2D eigenvalue weighted by atomic mass is 10.1. The second-order valence-electron chi connectivity index (χ2n) is 7.15. The number of carbonyl (C=O) groups is 1. The topological polar surface area (TPSA) is 85.4 Å². The molecule has 0 radical (unpaired) electrons. The molecule has 0 saturated heterocycles. The van der Waals surface area contributed by atoms with Crippen LogP contribution in [0.15, 0.2) is 52.7 Å². The molecule has 1 N–H and O–H groups in total. The fourth-order valence-corrected chi connectivity index (χ4v) is 2.94. The Morgan fingerprint density at radius 3 is 2.66 bits per heavy atom. The fourth-order valence-electron chi connectivity index (χ4n) is 2.94. The number of aromatic nitrogens is 1. The van der Waals surface area contributed by atoms with Crippen LogP contribution in [0.1, 0.15) is 30.6 Å². The van der Waals surface area contributed by atoms with Gasteiger partial charge in [0, 0.05) is 18.0 Å². The molecular formula is C22H25N3O4. The van der Waals surface area contributed by atoms with E-state index in [1.165, 1.54) is 7.11 Å². The van der Waals surface area contributed by atoms with Crippen molar-refractivity contribution in [1.82, 2.24) is 4.57 Å². The van der Waals surface area contributed by atoms with E-state index < -0.39 is 5.91 Å². The Morgan fingerprint density at radius 2 is 1.93 bits per heavy atom. The summed E-state index contributed by atoms with van der Waals surface area (Å²) in [5.41, 5.74) is 1.38. The third-order valence-corrected chi connectivity index (χ3v) is 4.65. The lowest BCUT2D eigenvalue weighted by Gasteiger charge is -2.12. The number of carbonyl (C=O) groups excluding carboxylic acids is 1. The predicted molar refractivity (Wildman–Crippen MR) is 111 cm³/mol. The number of para-hydroxylation sites is 1. The molecule has 0 atom stereocenters. The van der Waals surface area contributed by atoms with Crippen LogP contribution in [0.2, 0.25) is 0 Å². The molecule has 152 valence electrons. The van der Waals surface area contributed by atoms with Crippen LogP contribution in [0.5, 0.6) is 17.4 Å². The van der Waals surface area contributed by atoms with Crippen LogP contribution in [-0.4, -0.2) is 29.3 Å². The summed E-state index contributed by atoms with van der Waals surface area (Å²) in [6.45, 7) is 4.82. The summed E-state index contributed by atoms with van der Waals surface area (Å²) in [7, 11) is 3.25. The Bertz CT molecular complexity index is 1050. The minimum atomic E-state index is -0.538. The molecule has 0 spiro atoms. The first kappa shape index (κ1) is 20.4. The van der Waals surface area contributed by atoms with Gasteiger partial charge in [0.05, 0.1) is 19.2 Å². The van der Waals surface area contributed by atoms with Crippen LogP contribution in [0.25, 0.3) is 10.9 Å². The molecule has 1 aromatic heterocycles. The first-order chi connectivity index (χ1) is 13.9. The lowest BCUT2D eigenvalue weighted by Crippen LogP contribution is -2.03. The second-order valence-corrected chi connectivity index (χ2v) is 7.15. The van der Waals surface area contributed by atoms with Gasteiger partial charge in [-0.15, -0.1) is 10.2 Å². The van der Waals surface area contributed by atoms with E-state index in [9.17, 15) is 9.90 Å². The highest BCUT2D eigenvalue weighted by Gasteiger charge is 2.15. The quantitative estimate of drug-likeness (QED) is 0.554. The van der Waals surface area contributed by atoms with Gasteiger partial charge in [-0.1, -0.05) is 32.0 Å². The highest BCUT2D eigenvalue weighted by Crippen LogP contribution is 2.38. The molecule has 1 heterocycles. The maximum absolute atomic E-state index is 12.5. The number of methoxy groups -OCH3 is 1. The number of fused-ring (bicyclic) bond motifs is 1. The van der Waals surface area contributed by atoms with Crippen molar-refractivity contribution < 1.29 is 19.4 Å². The monoisotopic (exact) mass is 395 g/mol. The molecule has 29 heavy (non-hydrogen) atoms. The van der Waals surface area contributed by atoms with Crippen LogP contribution >= 0.6 is 0 Å². The van der Waals surface area contributed by atoms with E-state index >= 15 is 0 Å². The Hall–Kier alpha value is -3.35. The van der Waals surface area contributed by atoms with Gasteiger partial charge < -0.3 is 19.1 Å². The van der Waals surface area contributed by atoms with Crippen molar-refractivity contribution in [3.05, 3.63) is 48.0 Å². The van der Waals surface area contributed by atoms with Crippen molar-refractivity contribution in [1.29, 1.82) is 0 Å². The Labute approximate surface area is 169 Å². The smallest absolute Gasteiger partial charge is 0.295 e. The summed E-state index contributed by atoms with van der Waals surface area (Å²) in [6.07, 6.45) is 0.923. The van der Waals surface area contributed by atoms with E-state index in [0.717, 1.165) is 17.3 Å². The molecule has 0 aliphatic heterocycles. The SMILES string of the molecule is COc1cc(C(=O)N=Nc2c(O)n(C)c3ccccc23)ccc1OCCC(C)C.